The van der Waals surface area contributed by atoms with E-state index in [1.807, 2.05) is 25.1 Å². The zero-order valence-corrected chi connectivity index (χ0v) is 13.4. The Bertz CT molecular complexity index is 833. The Balaban J connectivity index is 2.50. The summed E-state index contributed by atoms with van der Waals surface area (Å²) in [6, 6.07) is 8.12. The van der Waals surface area contributed by atoms with E-state index in [1.165, 1.54) is 0 Å². The van der Waals surface area contributed by atoms with Crippen LogP contribution in [0.2, 0.25) is 0 Å². The van der Waals surface area contributed by atoms with Crippen molar-refractivity contribution in [3.8, 4) is 11.5 Å². The van der Waals surface area contributed by atoms with E-state index in [4.69, 9.17) is 9.47 Å². The molecule has 0 aliphatic heterocycles. The third-order valence-electron chi connectivity index (χ3n) is 4.14. The Morgan fingerprint density at radius 1 is 1.14 bits per heavy atom. The number of aliphatic hydroxyl groups excluding tert-OH is 1. The SMILES string of the molecule is COc1c(C)c(C[C@@H](C)O)c2[nH]c3ccccc3c2c1OC. The highest BCUT2D eigenvalue weighted by Crippen LogP contribution is 2.44. The van der Waals surface area contributed by atoms with Crippen LogP contribution >= 0.6 is 0 Å². The van der Waals surface area contributed by atoms with Crippen molar-refractivity contribution in [2.24, 2.45) is 0 Å². The van der Waals surface area contributed by atoms with Crippen LogP contribution in [0.5, 0.6) is 11.5 Å². The van der Waals surface area contributed by atoms with Gasteiger partial charge >= 0.3 is 0 Å². The third kappa shape index (κ3) is 2.11. The van der Waals surface area contributed by atoms with Gasteiger partial charge in [-0.05, 0) is 25.5 Å². The zero-order valence-electron chi connectivity index (χ0n) is 13.4. The summed E-state index contributed by atoms with van der Waals surface area (Å²) in [5.41, 5.74) is 4.13. The van der Waals surface area contributed by atoms with Crippen molar-refractivity contribution in [3.63, 3.8) is 0 Å². The van der Waals surface area contributed by atoms with Crippen LogP contribution in [0, 0.1) is 6.92 Å². The predicted molar refractivity (Wildman–Crippen MR) is 89.0 cm³/mol. The highest BCUT2D eigenvalue weighted by molar-refractivity contribution is 6.13. The van der Waals surface area contributed by atoms with Crippen LogP contribution in [0.1, 0.15) is 18.1 Å². The first-order valence-corrected chi connectivity index (χ1v) is 7.40. The van der Waals surface area contributed by atoms with Gasteiger partial charge in [0.2, 0.25) is 0 Å². The highest BCUT2D eigenvalue weighted by atomic mass is 16.5. The Morgan fingerprint density at radius 2 is 1.82 bits per heavy atom. The minimum absolute atomic E-state index is 0.425. The van der Waals surface area contributed by atoms with Crippen molar-refractivity contribution in [1.29, 1.82) is 0 Å². The van der Waals surface area contributed by atoms with E-state index in [9.17, 15) is 5.11 Å². The van der Waals surface area contributed by atoms with Crippen LogP contribution in [-0.2, 0) is 6.42 Å². The lowest BCUT2D eigenvalue weighted by Gasteiger charge is -2.17. The summed E-state index contributed by atoms with van der Waals surface area (Å²) in [4.78, 5) is 3.47. The molecule has 0 fully saturated rings. The molecule has 0 amide bonds. The molecule has 0 saturated heterocycles. The van der Waals surface area contributed by atoms with E-state index in [-0.39, 0.29) is 0 Å². The molecular weight excluding hydrogens is 278 g/mol. The Labute approximate surface area is 129 Å². The molecule has 22 heavy (non-hydrogen) atoms. The van der Waals surface area contributed by atoms with E-state index < -0.39 is 6.10 Å². The second kappa shape index (κ2) is 5.54. The number of aromatic amines is 1. The van der Waals surface area contributed by atoms with Gasteiger partial charge in [-0.15, -0.1) is 0 Å². The van der Waals surface area contributed by atoms with Gasteiger partial charge in [0.05, 0.1) is 31.2 Å². The molecule has 1 aromatic heterocycles. The molecule has 2 aromatic carbocycles. The van der Waals surface area contributed by atoms with Crippen molar-refractivity contribution < 1.29 is 14.6 Å². The summed E-state index contributed by atoms with van der Waals surface area (Å²) in [7, 11) is 3.31. The zero-order chi connectivity index (χ0) is 15.9. The van der Waals surface area contributed by atoms with E-state index in [0.29, 0.717) is 6.42 Å². The van der Waals surface area contributed by atoms with E-state index >= 15 is 0 Å². The number of fused-ring (bicyclic) bond motifs is 3. The second-order valence-electron chi connectivity index (χ2n) is 5.64. The molecule has 3 rings (SSSR count). The Hall–Kier alpha value is -2.20. The number of hydrogen-bond donors (Lipinski definition) is 2. The third-order valence-corrected chi connectivity index (χ3v) is 4.14. The van der Waals surface area contributed by atoms with Gasteiger partial charge in [0, 0.05) is 22.9 Å². The average molecular weight is 299 g/mol. The number of ether oxygens (including phenoxy) is 2. The van der Waals surface area contributed by atoms with Crippen LogP contribution in [0.25, 0.3) is 21.8 Å². The number of nitrogens with one attached hydrogen (secondary N) is 1. The van der Waals surface area contributed by atoms with Crippen LogP contribution in [0.4, 0.5) is 0 Å². The van der Waals surface area contributed by atoms with Gasteiger partial charge in [0.1, 0.15) is 0 Å². The molecule has 4 nitrogen and oxygen atoms in total. The fourth-order valence-corrected chi connectivity index (χ4v) is 3.20. The first-order valence-electron chi connectivity index (χ1n) is 7.40. The number of rotatable bonds is 4. The predicted octanol–water partition coefficient (Wildman–Crippen LogP) is 3.57. The maximum absolute atomic E-state index is 9.87. The second-order valence-corrected chi connectivity index (χ2v) is 5.64. The number of methoxy groups -OCH3 is 2. The number of aromatic nitrogens is 1. The minimum Gasteiger partial charge on any atom is -0.493 e. The number of hydrogen-bond acceptors (Lipinski definition) is 3. The largest absolute Gasteiger partial charge is 0.493 e. The maximum atomic E-state index is 9.87. The minimum atomic E-state index is -0.425. The smallest absolute Gasteiger partial charge is 0.171 e. The fraction of sp³-hybridized carbons (Fsp3) is 0.333. The molecule has 116 valence electrons. The van der Waals surface area contributed by atoms with Crippen LogP contribution in [0.15, 0.2) is 24.3 Å². The summed E-state index contributed by atoms with van der Waals surface area (Å²) >= 11 is 0. The van der Waals surface area contributed by atoms with Crippen LogP contribution in [0.3, 0.4) is 0 Å². The van der Waals surface area contributed by atoms with Gasteiger partial charge in [-0.2, -0.15) is 0 Å². The number of H-pyrrole nitrogens is 1. The molecule has 0 aliphatic rings. The quantitative estimate of drug-likeness (QED) is 0.774. The molecule has 0 radical (unpaired) electrons. The van der Waals surface area contributed by atoms with Crippen molar-refractivity contribution in [3.05, 3.63) is 35.4 Å². The first-order chi connectivity index (χ1) is 10.6. The molecule has 1 heterocycles. The lowest BCUT2D eigenvalue weighted by atomic mass is 9.97. The van der Waals surface area contributed by atoms with E-state index in [2.05, 4.69) is 11.1 Å². The van der Waals surface area contributed by atoms with E-state index in [1.54, 1.807) is 21.1 Å². The first kappa shape index (κ1) is 14.7. The van der Waals surface area contributed by atoms with Crippen molar-refractivity contribution in [2.75, 3.05) is 14.2 Å². The molecule has 4 heteroatoms. The van der Waals surface area contributed by atoms with Gasteiger partial charge in [-0.1, -0.05) is 18.2 Å². The van der Waals surface area contributed by atoms with Gasteiger partial charge in [-0.3, -0.25) is 0 Å². The topological polar surface area (TPSA) is 54.5 Å². The van der Waals surface area contributed by atoms with Gasteiger partial charge in [0.25, 0.3) is 0 Å². The molecule has 0 aliphatic carbocycles. The number of aliphatic hydroxyl groups is 1. The number of para-hydroxylation sites is 1. The number of benzene rings is 2. The fourth-order valence-electron chi connectivity index (χ4n) is 3.20. The molecule has 0 unspecified atom stereocenters. The van der Waals surface area contributed by atoms with Crippen molar-refractivity contribution >= 4 is 21.8 Å². The van der Waals surface area contributed by atoms with Crippen LogP contribution < -0.4 is 9.47 Å². The molecule has 0 saturated carbocycles. The maximum Gasteiger partial charge on any atom is 0.171 e. The molecule has 3 aromatic rings. The van der Waals surface area contributed by atoms with Gasteiger partial charge < -0.3 is 19.6 Å². The summed E-state index contributed by atoms with van der Waals surface area (Å²) in [6.07, 6.45) is 0.140. The van der Waals surface area contributed by atoms with Gasteiger partial charge in [-0.25, -0.2) is 0 Å². The Morgan fingerprint density at radius 3 is 2.45 bits per heavy atom. The van der Waals surface area contributed by atoms with Crippen LogP contribution in [-0.4, -0.2) is 30.4 Å². The Kier molecular flexibility index (Phi) is 3.71. The molecule has 1 atom stereocenters. The summed E-state index contributed by atoms with van der Waals surface area (Å²) in [6.45, 7) is 3.80. The lowest BCUT2D eigenvalue weighted by molar-refractivity contribution is 0.195. The molecular formula is C18H21NO3. The molecule has 0 spiro atoms. The summed E-state index contributed by atoms with van der Waals surface area (Å²) < 4.78 is 11.2. The van der Waals surface area contributed by atoms with Crippen molar-refractivity contribution in [2.45, 2.75) is 26.4 Å². The van der Waals surface area contributed by atoms with Crippen molar-refractivity contribution in [1.82, 2.24) is 4.98 Å². The highest BCUT2D eigenvalue weighted by Gasteiger charge is 2.22. The van der Waals surface area contributed by atoms with Gasteiger partial charge in [0.15, 0.2) is 11.5 Å². The molecule has 2 N–H and O–H groups in total. The van der Waals surface area contributed by atoms with E-state index in [0.717, 1.165) is 44.4 Å². The summed E-state index contributed by atoms with van der Waals surface area (Å²) in [5.74, 6) is 1.47. The average Bonchev–Trinajstić information content (AvgIpc) is 2.88. The molecule has 0 bridgehead atoms. The standard InChI is InChI=1S/C18H21NO3/c1-10(20)9-13-11(2)17(21-3)18(22-4)15-12-7-5-6-8-14(12)19-16(13)15/h5-8,10,19-20H,9H2,1-4H3/t10-/m1/s1. The monoisotopic (exact) mass is 299 g/mol. The lowest BCUT2D eigenvalue weighted by Crippen LogP contribution is -2.08. The normalized spacial score (nSPS) is 12.8. The summed E-state index contributed by atoms with van der Waals surface area (Å²) in [5, 5.41) is 12.0.